The SMILES string of the molecule is CCC(=O)N1CCN(C(=O)c2cccnc2)C(C)C1. The number of aromatic nitrogens is 1. The summed E-state index contributed by atoms with van der Waals surface area (Å²) in [5.41, 5.74) is 0.601. The molecular formula is C14H19N3O2. The van der Waals surface area contributed by atoms with Gasteiger partial charge in [-0.05, 0) is 19.1 Å². The second kappa shape index (κ2) is 5.82. The van der Waals surface area contributed by atoms with Crippen molar-refractivity contribution in [3.63, 3.8) is 0 Å². The van der Waals surface area contributed by atoms with Crippen LogP contribution >= 0.6 is 0 Å². The highest BCUT2D eigenvalue weighted by atomic mass is 16.2. The molecule has 0 saturated carbocycles. The van der Waals surface area contributed by atoms with Crippen LogP contribution < -0.4 is 0 Å². The first-order valence-electron chi connectivity index (χ1n) is 6.62. The fourth-order valence-electron chi connectivity index (χ4n) is 2.36. The third-order valence-electron chi connectivity index (χ3n) is 3.45. The van der Waals surface area contributed by atoms with Crippen molar-refractivity contribution in [2.24, 2.45) is 0 Å². The molecule has 1 atom stereocenters. The monoisotopic (exact) mass is 261 g/mol. The Morgan fingerprint density at radius 2 is 2.21 bits per heavy atom. The van der Waals surface area contributed by atoms with Crippen LogP contribution in [0.3, 0.4) is 0 Å². The average molecular weight is 261 g/mol. The molecule has 0 aliphatic carbocycles. The number of nitrogens with zero attached hydrogens (tertiary/aromatic N) is 3. The van der Waals surface area contributed by atoms with Crippen molar-refractivity contribution in [3.05, 3.63) is 30.1 Å². The van der Waals surface area contributed by atoms with Gasteiger partial charge in [0, 0.05) is 44.5 Å². The largest absolute Gasteiger partial charge is 0.339 e. The van der Waals surface area contributed by atoms with Crippen LogP contribution in [0.1, 0.15) is 30.6 Å². The van der Waals surface area contributed by atoms with E-state index in [9.17, 15) is 9.59 Å². The first-order chi connectivity index (χ1) is 9.13. The molecule has 0 bridgehead atoms. The van der Waals surface area contributed by atoms with Crippen molar-refractivity contribution in [1.29, 1.82) is 0 Å². The van der Waals surface area contributed by atoms with Crippen LogP contribution in [0.15, 0.2) is 24.5 Å². The maximum Gasteiger partial charge on any atom is 0.255 e. The van der Waals surface area contributed by atoms with E-state index < -0.39 is 0 Å². The fourth-order valence-corrected chi connectivity index (χ4v) is 2.36. The topological polar surface area (TPSA) is 53.5 Å². The van der Waals surface area contributed by atoms with Gasteiger partial charge in [0.15, 0.2) is 0 Å². The minimum atomic E-state index is -0.0100. The summed E-state index contributed by atoms with van der Waals surface area (Å²) in [6.45, 7) is 5.64. The van der Waals surface area contributed by atoms with Crippen molar-refractivity contribution in [3.8, 4) is 0 Å². The Labute approximate surface area is 113 Å². The van der Waals surface area contributed by atoms with Crippen molar-refractivity contribution in [1.82, 2.24) is 14.8 Å². The van der Waals surface area contributed by atoms with E-state index >= 15 is 0 Å². The number of piperazine rings is 1. The third-order valence-corrected chi connectivity index (χ3v) is 3.45. The van der Waals surface area contributed by atoms with Gasteiger partial charge in [-0.15, -0.1) is 0 Å². The molecule has 1 aromatic heterocycles. The van der Waals surface area contributed by atoms with Gasteiger partial charge < -0.3 is 9.80 Å². The predicted octanol–water partition coefficient (Wildman–Crippen LogP) is 1.16. The summed E-state index contributed by atoms with van der Waals surface area (Å²) in [6, 6.07) is 3.57. The molecule has 1 aliphatic heterocycles. The summed E-state index contributed by atoms with van der Waals surface area (Å²) >= 11 is 0. The highest BCUT2D eigenvalue weighted by Gasteiger charge is 2.29. The van der Waals surface area contributed by atoms with Gasteiger partial charge in [-0.3, -0.25) is 14.6 Å². The van der Waals surface area contributed by atoms with Crippen molar-refractivity contribution in [2.45, 2.75) is 26.3 Å². The lowest BCUT2D eigenvalue weighted by atomic mass is 10.1. The van der Waals surface area contributed by atoms with Crippen molar-refractivity contribution < 1.29 is 9.59 Å². The zero-order valence-corrected chi connectivity index (χ0v) is 11.4. The van der Waals surface area contributed by atoms with Crippen LogP contribution in [0.2, 0.25) is 0 Å². The number of hydrogen-bond acceptors (Lipinski definition) is 3. The Bertz CT molecular complexity index is 461. The van der Waals surface area contributed by atoms with E-state index in [0.717, 1.165) is 0 Å². The number of amides is 2. The highest BCUT2D eigenvalue weighted by molar-refractivity contribution is 5.94. The lowest BCUT2D eigenvalue weighted by Gasteiger charge is -2.39. The Kier molecular flexibility index (Phi) is 4.14. The van der Waals surface area contributed by atoms with Gasteiger partial charge in [0.05, 0.1) is 5.56 Å². The molecule has 2 heterocycles. The van der Waals surface area contributed by atoms with E-state index in [-0.39, 0.29) is 17.9 Å². The van der Waals surface area contributed by atoms with Crippen LogP contribution in [0, 0.1) is 0 Å². The van der Waals surface area contributed by atoms with Gasteiger partial charge in [0.1, 0.15) is 0 Å². The molecule has 19 heavy (non-hydrogen) atoms. The summed E-state index contributed by atoms with van der Waals surface area (Å²) in [5, 5.41) is 0. The fraction of sp³-hybridized carbons (Fsp3) is 0.500. The molecule has 1 aliphatic rings. The predicted molar refractivity (Wildman–Crippen MR) is 71.6 cm³/mol. The quantitative estimate of drug-likeness (QED) is 0.803. The van der Waals surface area contributed by atoms with E-state index in [0.29, 0.717) is 31.6 Å². The number of carbonyl (C=O) groups is 2. The molecular weight excluding hydrogens is 242 g/mol. The Balaban J connectivity index is 2.04. The third kappa shape index (κ3) is 2.92. The summed E-state index contributed by atoms with van der Waals surface area (Å²) in [7, 11) is 0. The lowest BCUT2D eigenvalue weighted by Crippen LogP contribution is -2.55. The van der Waals surface area contributed by atoms with Crippen LogP contribution in [-0.2, 0) is 4.79 Å². The van der Waals surface area contributed by atoms with E-state index in [1.165, 1.54) is 0 Å². The van der Waals surface area contributed by atoms with Crippen LogP contribution in [0.4, 0.5) is 0 Å². The molecule has 0 spiro atoms. The maximum absolute atomic E-state index is 12.3. The van der Waals surface area contributed by atoms with Crippen molar-refractivity contribution in [2.75, 3.05) is 19.6 Å². The van der Waals surface area contributed by atoms with E-state index in [1.54, 1.807) is 24.5 Å². The van der Waals surface area contributed by atoms with Crippen molar-refractivity contribution >= 4 is 11.8 Å². The minimum absolute atomic E-state index is 0.0100. The van der Waals surface area contributed by atoms with Gasteiger partial charge in [0.2, 0.25) is 5.91 Å². The van der Waals surface area contributed by atoms with Gasteiger partial charge in [-0.2, -0.15) is 0 Å². The minimum Gasteiger partial charge on any atom is -0.339 e. The van der Waals surface area contributed by atoms with Gasteiger partial charge in [0.25, 0.3) is 5.91 Å². The number of hydrogen-bond donors (Lipinski definition) is 0. The van der Waals surface area contributed by atoms with Crippen LogP contribution in [0.25, 0.3) is 0 Å². The molecule has 5 heteroatoms. The summed E-state index contributed by atoms with van der Waals surface area (Å²) in [4.78, 5) is 31.6. The molecule has 1 aromatic rings. The normalized spacial score (nSPS) is 19.4. The molecule has 0 aromatic carbocycles. The molecule has 0 radical (unpaired) electrons. The zero-order chi connectivity index (χ0) is 13.8. The first kappa shape index (κ1) is 13.5. The molecule has 1 fully saturated rings. The second-order valence-corrected chi connectivity index (χ2v) is 4.78. The second-order valence-electron chi connectivity index (χ2n) is 4.78. The highest BCUT2D eigenvalue weighted by Crippen LogP contribution is 2.14. The zero-order valence-electron chi connectivity index (χ0n) is 11.4. The molecule has 2 amide bonds. The smallest absolute Gasteiger partial charge is 0.255 e. The molecule has 102 valence electrons. The Morgan fingerprint density at radius 1 is 1.42 bits per heavy atom. The Morgan fingerprint density at radius 3 is 2.79 bits per heavy atom. The average Bonchev–Trinajstić information content (AvgIpc) is 2.46. The molecule has 2 rings (SSSR count). The molecule has 0 N–H and O–H groups in total. The summed E-state index contributed by atoms with van der Waals surface area (Å²) < 4.78 is 0. The lowest BCUT2D eigenvalue weighted by molar-refractivity contribution is -0.133. The van der Waals surface area contributed by atoms with Gasteiger partial charge in [-0.1, -0.05) is 6.92 Å². The summed E-state index contributed by atoms with van der Waals surface area (Å²) in [5.74, 6) is 0.143. The summed E-state index contributed by atoms with van der Waals surface area (Å²) in [6.07, 6.45) is 3.75. The van der Waals surface area contributed by atoms with Crippen LogP contribution in [0.5, 0.6) is 0 Å². The van der Waals surface area contributed by atoms with E-state index in [4.69, 9.17) is 0 Å². The first-order valence-corrected chi connectivity index (χ1v) is 6.62. The van der Waals surface area contributed by atoms with Gasteiger partial charge >= 0.3 is 0 Å². The molecule has 5 nitrogen and oxygen atoms in total. The Hall–Kier alpha value is -1.91. The number of carbonyl (C=O) groups excluding carboxylic acids is 2. The maximum atomic E-state index is 12.3. The van der Waals surface area contributed by atoms with E-state index in [1.807, 2.05) is 23.6 Å². The standard InChI is InChI=1S/C14H19N3O2/c1-3-13(18)16-7-8-17(11(2)10-16)14(19)12-5-4-6-15-9-12/h4-6,9,11H,3,7-8,10H2,1-2H3. The van der Waals surface area contributed by atoms with E-state index in [2.05, 4.69) is 4.98 Å². The number of pyridine rings is 1. The number of rotatable bonds is 2. The molecule has 1 saturated heterocycles. The molecule has 1 unspecified atom stereocenters. The van der Waals surface area contributed by atoms with Gasteiger partial charge in [-0.25, -0.2) is 0 Å². The van der Waals surface area contributed by atoms with Crippen LogP contribution in [-0.4, -0.2) is 52.3 Å².